The van der Waals surface area contributed by atoms with Gasteiger partial charge in [0.1, 0.15) is 6.61 Å². The van der Waals surface area contributed by atoms with Gasteiger partial charge in [-0.15, -0.1) is 11.3 Å². The molecule has 1 atom stereocenters. The van der Waals surface area contributed by atoms with Crippen LogP contribution < -0.4 is 14.8 Å². The quantitative estimate of drug-likeness (QED) is 0.790. The number of hydrogen-bond acceptors (Lipinski definition) is 5. The molecule has 0 saturated heterocycles. The second kappa shape index (κ2) is 5.31. The molecule has 22 heavy (non-hydrogen) atoms. The van der Waals surface area contributed by atoms with Gasteiger partial charge in [-0.05, 0) is 30.3 Å². The Bertz CT molecular complexity index is 846. The summed E-state index contributed by atoms with van der Waals surface area (Å²) in [6.07, 6.45) is -0.666. The van der Waals surface area contributed by atoms with E-state index in [4.69, 9.17) is 9.47 Å². The number of rotatable bonds is 2. The number of para-hydroxylation sites is 2. The zero-order chi connectivity index (χ0) is 14.9. The van der Waals surface area contributed by atoms with E-state index in [2.05, 4.69) is 10.3 Å². The molecule has 3 aromatic rings. The van der Waals surface area contributed by atoms with E-state index < -0.39 is 6.10 Å². The maximum Gasteiger partial charge on any atom is 0.269 e. The number of fused-ring (bicyclic) bond motifs is 2. The van der Waals surface area contributed by atoms with E-state index in [9.17, 15) is 4.79 Å². The first-order valence-corrected chi connectivity index (χ1v) is 7.70. The summed E-state index contributed by atoms with van der Waals surface area (Å²) < 4.78 is 12.3. The molecule has 4 rings (SSSR count). The molecule has 5 nitrogen and oxygen atoms in total. The lowest BCUT2D eigenvalue weighted by atomic mass is 10.2. The zero-order valence-electron chi connectivity index (χ0n) is 11.5. The molecule has 1 unspecified atom stereocenters. The fourth-order valence-corrected chi connectivity index (χ4v) is 2.97. The third-order valence-electron chi connectivity index (χ3n) is 3.40. The van der Waals surface area contributed by atoms with Crippen LogP contribution in [0.2, 0.25) is 0 Å². The summed E-state index contributed by atoms with van der Waals surface area (Å²) in [6.45, 7) is 0.196. The average Bonchev–Trinajstić information content (AvgIpc) is 3.02. The minimum atomic E-state index is -0.666. The van der Waals surface area contributed by atoms with Crippen LogP contribution in [0.15, 0.2) is 48.0 Å². The standard InChI is InChI=1S/C16H12N2O3S/c19-16(14-8-20-12-3-1-2-4-13(12)21-14)18-10-5-6-15-11(7-10)17-9-22-15/h1-7,9,14H,8H2,(H,18,19). The molecule has 0 bridgehead atoms. The van der Waals surface area contributed by atoms with Crippen LogP contribution in [0.4, 0.5) is 5.69 Å². The minimum Gasteiger partial charge on any atom is -0.485 e. The third-order valence-corrected chi connectivity index (χ3v) is 4.21. The summed E-state index contributed by atoms with van der Waals surface area (Å²) in [5.74, 6) is 1.02. The number of hydrogen-bond donors (Lipinski definition) is 1. The van der Waals surface area contributed by atoms with Crippen molar-refractivity contribution in [3.05, 3.63) is 48.0 Å². The van der Waals surface area contributed by atoms with Crippen molar-refractivity contribution in [2.45, 2.75) is 6.10 Å². The summed E-state index contributed by atoms with van der Waals surface area (Å²) in [7, 11) is 0. The Morgan fingerprint density at radius 3 is 3.00 bits per heavy atom. The van der Waals surface area contributed by atoms with E-state index in [0.29, 0.717) is 17.2 Å². The number of nitrogens with one attached hydrogen (secondary N) is 1. The van der Waals surface area contributed by atoms with Crippen molar-refractivity contribution >= 4 is 33.1 Å². The first-order valence-electron chi connectivity index (χ1n) is 6.82. The molecule has 0 radical (unpaired) electrons. The van der Waals surface area contributed by atoms with Crippen molar-refractivity contribution in [2.24, 2.45) is 0 Å². The summed E-state index contributed by atoms with van der Waals surface area (Å²) >= 11 is 1.57. The molecule has 0 fully saturated rings. The molecule has 0 saturated carbocycles. The molecule has 110 valence electrons. The Hall–Kier alpha value is -2.60. The maximum absolute atomic E-state index is 12.3. The topological polar surface area (TPSA) is 60.5 Å². The highest BCUT2D eigenvalue weighted by Crippen LogP contribution is 2.31. The number of ether oxygens (including phenoxy) is 2. The lowest BCUT2D eigenvalue weighted by molar-refractivity contribution is -0.125. The molecular formula is C16H12N2O3S. The lowest BCUT2D eigenvalue weighted by Crippen LogP contribution is -2.40. The predicted octanol–water partition coefficient (Wildman–Crippen LogP) is 3.07. The van der Waals surface area contributed by atoms with Gasteiger partial charge in [0.05, 0.1) is 15.7 Å². The van der Waals surface area contributed by atoms with Crippen LogP contribution in [-0.4, -0.2) is 23.6 Å². The first-order chi connectivity index (χ1) is 10.8. The lowest BCUT2D eigenvalue weighted by Gasteiger charge is -2.25. The van der Waals surface area contributed by atoms with Gasteiger partial charge in [-0.3, -0.25) is 4.79 Å². The Balaban J connectivity index is 1.50. The largest absolute Gasteiger partial charge is 0.485 e. The highest BCUT2D eigenvalue weighted by molar-refractivity contribution is 7.16. The van der Waals surface area contributed by atoms with Gasteiger partial charge < -0.3 is 14.8 Å². The average molecular weight is 312 g/mol. The zero-order valence-corrected chi connectivity index (χ0v) is 12.3. The predicted molar refractivity (Wildman–Crippen MR) is 84.6 cm³/mol. The van der Waals surface area contributed by atoms with Gasteiger partial charge in [-0.25, -0.2) is 4.98 Å². The van der Waals surface area contributed by atoms with Crippen LogP contribution in [0.25, 0.3) is 10.2 Å². The van der Waals surface area contributed by atoms with Crippen LogP contribution in [0.5, 0.6) is 11.5 Å². The van der Waals surface area contributed by atoms with E-state index in [1.165, 1.54) is 0 Å². The monoisotopic (exact) mass is 312 g/mol. The van der Waals surface area contributed by atoms with Crippen LogP contribution in [0.3, 0.4) is 0 Å². The van der Waals surface area contributed by atoms with E-state index >= 15 is 0 Å². The normalized spacial score (nSPS) is 16.5. The summed E-state index contributed by atoms with van der Waals surface area (Å²) in [5, 5.41) is 2.85. The molecule has 1 N–H and O–H groups in total. The molecule has 2 heterocycles. The molecule has 1 aromatic heterocycles. The molecule has 0 spiro atoms. The van der Waals surface area contributed by atoms with Gasteiger partial charge in [0.15, 0.2) is 11.5 Å². The Kier molecular flexibility index (Phi) is 3.16. The number of thiazole rings is 1. The Labute approximate surface area is 130 Å². The number of nitrogens with zero attached hydrogens (tertiary/aromatic N) is 1. The molecule has 0 aliphatic carbocycles. The number of anilines is 1. The van der Waals surface area contributed by atoms with Gasteiger partial charge in [0.2, 0.25) is 6.10 Å². The van der Waals surface area contributed by atoms with Crippen molar-refractivity contribution in [1.29, 1.82) is 0 Å². The van der Waals surface area contributed by atoms with Crippen molar-refractivity contribution in [3.8, 4) is 11.5 Å². The van der Waals surface area contributed by atoms with Gasteiger partial charge >= 0.3 is 0 Å². The molecule has 2 aromatic carbocycles. The smallest absolute Gasteiger partial charge is 0.269 e. The molecule has 6 heteroatoms. The van der Waals surface area contributed by atoms with Crippen molar-refractivity contribution < 1.29 is 14.3 Å². The van der Waals surface area contributed by atoms with Crippen molar-refractivity contribution in [2.75, 3.05) is 11.9 Å². The van der Waals surface area contributed by atoms with E-state index in [1.807, 2.05) is 36.4 Å². The number of benzene rings is 2. The molecule has 1 aliphatic heterocycles. The van der Waals surface area contributed by atoms with E-state index in [-0.39, 0.29) is 12.5 Å². The second-order valence-corrected chi connectivity index (χ2v) is 5.77. The van der Waals surface area contributed by atoms with Crippen LogP contribution in [-0.2, 0) is 4.79 Å². The van der Waals surface area contributed by atoms with Gasteiger partial charge in [0.25, 0.3) is 5.91 Å². The number of carbonyl (C=O) groups excluding carboxylic acids is 1. The van der Waals surface area contributed by atoms with Crippen LogP contribution >= 0.6 is 11.3 Å². The van der Waals surface area contributed by atoms with Gasteiger partial charge in [0, 0.05) is 5.69 Å². The summed E-state index contributed by atoms with van der Waals surface area (Å²) in [6, 6.07) is 13.0. The summed E-state index contributed by atoms with van der Waals surface area (Å²) in [5.41, 5.74) is 3.35. The number of carbonyl (C=O) groups is 1. The maximum atomic E-state index is 12.3. The van der Waals surface area contributed by atoms with Gasteiger partial charge in [-0.2, -0.15) is 0 Å². The highest BCUT2D eigenvalue weighted by atomic mass is 32.1. The SMILES string of the molecule is O=C(Nc1ccc2scnc2c1)C1COc2ccccc2O1. The third kappa shape index (κ3) is 2.37. The highest BCUT2D eigenvalue weighted by Gasteiger charge is 2.27. The number of amides is 1. The number of aromatic nitrogens is 1. The molecule has 1 amide bonds. The minimum absolute atomic E-state index is 0.196. The molecular weight excluding hydrogens is 300 g/mol. The summed E-state index contributed by atoms with van der Waals surface area (Å²) in [4.78, 5) is 16.6. The second-order valence-electron chi connectivity index (χ2n) is 4.89. The van der Waals surface area contributed by atoms with Crippen molar-refractivity contribution in [1.82, 2.24) is 4.98 Å². The van der Waals surface area contributed by atoms with Crippen molar-refractivity contribution in [3.63, 3.8) is 0 Å². The first kappa shape index (κ1) is 13.1. The fraction of sp³-hybridized carbons (Fsp3) is 0.125. The van der Waals surface area contributed by atoms with Crippen LogP contribution in [0.1, 0.15) is 0 Å². The Morgan fingerprint density at radius 2 is 2.09 bits per heavy atom. The van der Waals surface area contributed by atoms with Crippen LogP contribution in [0, 0.1) is 0 Å². The molecule has 1 aliphatic rings. The Morgan fingerprint density at radius 1 is 1.23 bits per heavy atom. The fourth-order valence-electron chi connectivity index (χ4n) is 2.31. The van der Waals surface area contributed by atoms with E-state index in [1.54, 1.807) is 22.9 Å². The van der Waals surface area contributed by atoms with E-state index in [0.717, 1.165) is 10.2 Å². The van der Waals surface area contributed by atoms with Gasteiger partial charge in [-0.1, -0.05) is 12.1 Å².